The van der Waals surface area contributed by atoms with Crippen molar-refractivity contribution in [1.29, 1.82) is 0 Å². The summed E-state index contributed by atoms with van der Waals surface area (Å²) in [6.45, 7) is 8.13. The highest BCUT2D eigenvalue weighted by molar-refractivity contribution is 5.07. The summed E-state index contributed by atoms with van der Waals surface area (Å²) >= 11 is 0. The third-order valence-corrected chi connectivity index (χ3v) is 4.79. The molecule has 18 heavy (non-hydrogen) atoms. The second kappa shape index (κ2) is 4.67. The van der Waals surface area contributed by atoms with Crippen LogP contribution < -0.4 is 0 Å². The molecule has 106 valence electrons. The first-order valence-corrected chi connectivity index (χ1v) is 6.79. The molecule has 2 saturated heterocycles. The lowest BCUT2D eigenvalue weighted by Gasteiger charge is -2.51. The molecular formula is C13H23F3N2. The summed E-state index contributed by atoms with van der Waals surface area (Å²) in [5.74, 6) is 0.552. The Kier molecular flexibility index (Phi) is 3.67. The third-order valence-electron chi connectivity index (χ3n) is 4.79. The highest BCUT2D eigenvalue weighted by Gasteiger charge is 2.52. The lowest BCUT2D eigenvalue weighted by Crippen LogP contribution is -2.63. The molecule has 2 heterocycles. The van der Waals surface area contributed by atoms with E-state index in [1.54, 1.807) is 4.90 Å². The van der Waals surface area contributed by atoms with Crippen molar-refractivity contribution in [3.8, 4) is 0 Å². The Balaban J connectivity index is 1.95. The minimum atomic E-state index is -4.06. The number of rotatable bonds is 3. The van der Waals surface area contributed by atoms with Gasteiger partial charge in [-0.1, -0.05) is 13.8 Å². The van der Waals surface area contributed by atoms with Crippen LogP contribution in [-0.2, 0) is 0 Å². The Bertz CT molecular complexity index is 303. The molecule has 2 aliphatic heterocycles. The van der Waals surface area contributed by atoms with Crippen LogP contribution in [0, 0.1) is 5.92 Å². The van der Waals surface area contributed by atoms with Gasteiger partial charge in [-0.15, -0.1) is 0 Å². The topological polar surface area (TPSA) is 6.48 Å². The van der Waals surface area contributed by atoms with Crippen LogP contribution in [0.25, 0.3) is 0 Å². The van der Waals surface area contributed by atoms with Crippen LogP contribution in [0.1, 0.15) is 33.6 Å². The molecule has 0 saturated carbocycles. The molecule has 1 unspecified atom stereocenters. The molecule has 0 N–H and O–H groups in total. The average Bonchev–Trinajstić information content (AvgIpc) is 2.69. The van der Waals surface area contributed by atoms with E-state index < -0.39 is 12.7 Å². The maximum absolute atomic E-state index is 12.5. The molecule has 2 nitrogen and oxygen atoms in total. The van der Waals surface area contributed by atoms with Crippen LogP contribution in [0.3, 0.4) is 0 Å². The number of nitrogens with zero attached hydrogens (tertiary/aromatic N) is 2. The van der Waals surface area contributed by atoms with E-state index >= 15 is 0 Å². The summed E-state index contributed by atoms with van der Waals surface area (Å²) < 4.78 is 37.5. The Labute approximate surface area is 107 Å². The summed E-state index contributed by atoms with van der Waals surface area (Å²) in [5.41, 5.74) is -0.182. The summed E-state index contributed by atoms with van der Waals surface area (Å²) in [5, 5.41) is 0. The molecule has 0 bridgehead atoms. The van der Waals surface area contributed by atoms with Crippen molar-refractivity contribution < 1.29 is 13.2 Å². The maximum Gasteiger partial charge on any atom is 0.401 e. The number of hydrogen-bond donors (Lipinski definition) is 0. The van der Waals surface area contributed by atoms with E-state index in [1.165, 1.54) is 0 Å². The van der Waals surface area contributed by atoms with Crippen molar-refractivity contribution in [2.24, 2.45) is 5.92 Å². The van der Waals surface area contributed by atoms with Gasteiger partial charge in [0.2, 0.25) is 0 Å². The van der Waals surface area contributed by atoms with E-state index in [9.17, 15) is 13.2 Å². The summed E-state index contributed by atoms with van der Waals surface area (Å²) in [6.07, 6.45) is -2.25. The molecule has 2 rings (SSSR count). The largest absolute Gasteiger partial charge is 0.401 e. The second-order valence-electron chi connectivity index (χ2n) is 6.22. The number of alkyl halides is 3. The van der Waals surface area contributed by atoms with Gasteiger partial charge in [-0.25, -0.2) is 0 Å². The summed E-state index contributed by atoms with van der Waals surface area (Å²) in [4.78, 5) is 3.99. The molecule has 0 aromatic carbocycles. The molecule has 0 amide bonds. The second-order valence-corrected chi connectivity index (χ2v) is 6.22. The number of hydrogen-bond acceptors (Lipinski definition) is 2. The zero-order chi connectivity index (χ0) is 13.6. The zero-order valence-electron chi connectivity index (χ0n) is 11.4. The average molecular weight is 264 g/mol. The normalized spacial score (nSPS) is 32.2. The molecule has 2 atom stereocenters. The molecule has 2 aliphatic rings. The Hall–Kier alpha value is -0.290. The SMILES string of the molecule is CC(C)[C@@H](C)N1CCC2(CCN2CC(F)(F)F)C1. The highest BCUT2D eigenvalue weighted by Crippen LogP contribution is 2.41. The Morgan fingerprint density at radius 3 is 2.17 bits per heavy atom. The van der Waals surface area contributed by atoms with E-state index in [0.29, 0.717) is 18.5 Å². The van der Waals surface area contributed by atoms with E-state index in [4.69, 9.17) is 0 Å². The van der Waals surface area contributed by atoms with Gasteiger partial charge >= 0.3 is 6.18 Å². The highest BCUT2D eigenvalue weighted by atomic mass is 19.4. The van der Waals surface area contributed by atoms with Gasteiger partial charge in [-0.2, -0.15) is 13.2 Å². The van der Waals surface area contributed by atoms with E-state index in [-0.39, 0.29) is 5.54 Å². The van der Waals surface area contributed by atoms with E-state index in [1.807, 2.05) is 0 Å². The monoisotopic (exact) mass is 264 g/mol. The van der Waals surface area contributed by atoms with Gasteiger partial charge in [0.25, 0.3) is 0 Å². The molecule has 0 aliphatic carbocycles. The van der Waals surface area contributed by atoms with Crippen LogP contribution in [0.15, 0.2) is 0 Å². The van der Waals surface area contributed by atoms with Gasteiger partial charge in [-0.05, 0) is 25.7 Å². The van der Waals surface area contributed by atoms with Crippen LogP contribution in [-0.4, -0.2) is 53.7 Å². The van der Waals surface area contributed by atoms with Crippen LogP contribution in [0.4, 0.5) is 13.2 Å². The predicted molar refractivity (Wildman–Crippen MR) is 65.5 cm³/mol. The van der Waals surface area contributed by atoms with Gasteiger partial charge in [0.15, 0.2) is 0 Å². The van der Waals surface area contributed by atoms with E-state index in [2.05, 4.69) is 25.7 Å². The van der Waals surface area contributed by atoms with Gasteiger partial charge in [-0.3, -0.25) is 9.80 Å². The summed E-state index contributed by atoms with van der Waals surface area (Å²) in [7, 11) is 0. The lowest BCUT2D eigenvalue weighted by atomic mass is 9.83. The van der Waals surface area contributed by atoms with E-state index in [0.717, 1.165) is 25.9 Å². The molecule has 0 aromatic heterocycles. The first kappa shape index (κ1) is 14.1. The van der Waals surface area contributed by atoms with Gasteiger partial charge in [0.05, 0.1) is 6.54 Å². The third kappa shape index (κ3) is 2.67. The number of halogens is 3. The molecule has 0 aromatic rings. The van der Waals surface area contributed by atoms with Crippen molar-refractivity contribution in [2.75, 3.05) is 26.2 Å². The standard InChI is InChI=1S/C13H23F3N2/c1-10(2)11(3)17-6-4-12(8-17)5-7-18(12)9-13(14,15)16/h10-11H,4-9H2,1-3H3/t11-,12?/m1/s1. The van der Waals surface area contributed by atoms with Crippen molar-refractivity contribution >= 4 is 0 Å². The summed E-state index contributed by atoms with van der Waals surface area (Å²) in [6, 6.07) is 0.456. The fourth-order valence-electron chi connectivity index (χ4n) is 3.17. The van der Waals surface area contributed by atoms with Gasteiger partial charge in [0.1, 0.15) is 0 Å². The molecule has 0 radical (unpaired) electrons. The smallest absolute Gasteiger partial charge is 0.298 e. The predicted octanol–water partition coefficient (Wildman–Crippen LogP) is 2.74. The number of likely N-dealkylation sites (tertiary alicyclic amines) is 2. The van der Waals surface area contributed by atoms with Gasteiger partial charge in [0, 0.05) is 31.2 Å². The fourth-order valence-corrected chi connectivity index (χ4v) is 3.17. The van der Waals surface area contributed by atoms with Crippen molar-refractivity contribution in [2.45, 2.75) is 51.4 Å². The van der Waals surface area contributed by atoms with Crippen LogP contribution in [0.2, 0.25) is 0 Å². The fraction of sp³-hybridized carbons (Fsp3) is 1.00. The quantitative estimate of drug-likeness (QED) is 0.773. The van der Waals surface area contributed by atoms with Crippen molar-refractivity contribution in [3.63, 3.8) is 0 Å². The first-order valence-electron chi connectivity index (χ1n) is 6.79. The van der Waals surface area contributed by atoms with Crippen LogP contribution in [0.5, 0.6) is 0 Å². The molecule has 5 heteroatoms. The first-order chi connectivity index (χ1) is 8.23. The Morgan fingerprint density at radius 2 is 1.72 bits per heavy atom. The Morgan fingerprint density at radius 1 is 1.11 bits per heavy atom. The minimum absolute atomic E-state index is 0.182. The minimum Gasteiger partial charge on any atom is -0.298 e. The molecule has 1 spiro atoms. The zero-order valence-corrected chi connectivity index (χ0v) is 11.4. The lowest BCUT2D eigenvalue weighted by molar-refractivity contribution is -0.176. The molecule has 2 fully saturated rings. The maximum atomic E-state index is 12.5. The van der Waals surface area contributed by atoms with Crippen molar-refractivity contribution in [1.82, 2.24) is 9.80 Å². The van der Waals surface area contributed by atoms with Crippen LogP contribution >= 0.6 is 0 Å². The van der Waals surface area contributed by atoms with Crippen molar-refractivity contribution in [3.05, 3.63) is 0 Å². The molecular weight excluding hydrogens is 241 g/mol. The van der Waals surface area contributed by atoms with Gasteiger partial charge < -0.3 is 0 Å².